The van der Waals surface area contributed by atoms with Crippen LogP contribution >= 0.6 is 27.3 Å². The number of methoxy groups -OCH3 is 1. The summed E-state index contributed by atoms with van der Waals surface area (Å²) in [7, 11) is 1.39. The van der Waals surface area contributed by atoms with Crippen molar-refractivity contribution in [2.75, 3.05) is 7.11 Å². The van der Waals surface area contributed by atoms with Gasteiger partial charge in [0, 0.05) is 16.0 Å². The fraction of sp³-hybridized carbons (Fsp3) is 0.167. The Kier molecular flexibility index (Phi) is 3.91. The molecule has 0 saturated heterocycles. The molecule has 0 radical (unpaired) electrons. The summed E-state index contributed by atoms with van der Waals surface area (Å²) in [5.41, 5.74) is 0.876. The first-order valence-electron chi connectivity index (χ1n) is 4.95. The van der Waals surface area contributed by atoms with E-state index in [1.54, 1.807) is 6.20 Å². The first-order valence-corrected chi connectivity index (χ1v) is 6.62. The molecule has 3 nitrogen and oxygen atoms in total. The van der Waals surface area contributed by atoms with Crippen molar-refractivity contribution in [3.63, 3.8) is 0 Å². The van der Waals surface area contributed by atoms with Crippen LogP contribution in [0.15, 0.2) is 40.3 Å². The zero-order valence-electron chi connectivity index (χ0n) is 9.09. The minimum absolute atomic E-state index is 0.293. The molecule has 5 heteroatoms. The second-order valence-corrected chi connectivity index (χ2v) is 5.22. The van der Waals surface area contributed by atoms with E-state index in [2.05, 4.69) is 20.9 Å². The van der Waals surface area contributed by atoms with E-state index in [9.17, 15) is 4.79 Å². The van der Waals surface area contributed by atoms with Crippen LogP contribution in [-0.2, 0) is 9.53 Å². The van der Waals surface area contributed by atoms with Crippen molar-refractivity contribution in [1.82, 2.24) is 4.98 Å². The summed E-state index contributed by atoms with van der Waals surface area (Å²) in [4.78, 5) is 16.0. The van der Waals surface area contributed by atoms with Gasteiger partial charge in [-0.25, -0.2) is 4.98 Å². The molecular weight excluding hydrogens is 302 g/mol. The van der Waals surface area contributed by atoms with Gasteiger partial charge in [-0.15, -0.1) is 11.3 Å². The lowest BCUT2D eigenvalue weighted by atomic mass is 10.0. The smallest absolute Gasteiger partial charge is 0.320 e. The van der Waals surface area contributed by atoms with Gasteiger partial charge in [-0.05, 0) is 17.7 Å². The first kappa shape index (κ1) is 12.3. The lowest BCUT2D eigenvalue weighted by Crippen LogP contribution is -2.15. The van der Waals surface area contributed by atoms with Crippen molar-refractivity contribution in [3.8, 4) is 0 Å². The number of ether oxygens (including phenoxy) is 1. The maximum Gasteiger partial charge on any atom is 0.320 e. The van der Waals surface area contributed by atoms with Gasteiger partial charge in [0.1, 0.15) is 10.9 Å². The number of carbonyl (C=O) groups is 1. The van der Waals surface area contributed by atoms with Gasteiger partial charge in [-0.3, -0.25) is 4.79 Å². The summed E-state index contributed by atoms with van der Waals surface area (Å²) in [5, 5.41) is 2.60. The number of rotatable bonds is 3. The van der Waals surface area contributed by atoms with Gasteiger partial charge in [0.25, 0.3) is 0 Å². The second-order valence-electron chi connectivity index (χ2n) is 3.38. The Morgan fingerprint density at radius 3 is 2.94 bits per heavy atom. The molecule has 0 N–H and O–H groups in total. The topological polar surface area (TPSA) is 39.2 Å². The number of nitrogens with zero attached hydrogens (tertiary/aromatic N) is 1. The summed E-state index contributed by atoms with van der Waals surface area (Å²) in [6.07, 6.45) is 1.69. The Morgan fingerprint density at radius 1 is 1.53 bits per heavy atom. The van der Waals surface area contributed by atoms with E-state index in [4.69, 9.17) is 4.74 Å². The van der Waals surface area contributed by atoms with Crippen molar-refractivity contribution in [2.24, 2.45) is 0 Å². The molecule has 0 aliphatic heterocycles. The lowest BCUT2D eigenvalue weighted by molar-refractivity contribution is -0.141. The Labute approximate surface area is 112 Å². The predicted molar refractivity (Wildman–Crippen MR) is 70.1 cm³/mol. The molecule has 1 unspecified atom stereocenters. The van der Waals surface area contributed by atoms with Crippen molar-refractivity contribution >= 4 is 33.2 Å². The number of esters is 1. The highest BCUT2D eigenvalue weighted by molar-refractivity contribution is 9.10. The van der Waals surface area contributed by atoms with Crippen LogP contribution in [0.25, 0.3) is 0 Å². The molecule has 0 aliphatic rings. The Bertz CT molecular complexity index is 513. The van der Waals surface area contributed by atoms with Crippen LogP contribution in [0.2, 0.25) is 0 Å². The third kappa shape index (κ3) is 2.73. The third-order valence-electron chi connectivity index (χ3n) is 2.32. The van der Waals surface area contributed by atoms with E-state index in [0.717, 1.165) is 15.0 Å². The largest absolute Gasteiger partial charge is 0.468 e. The zero-order chi connectivity index (χ0) is 12.3. The molecule has 1 atom stereocenters. The van der Waals surface area contributed by atoms with Gasteiger partial charge in [-0.1, -0.05) is 28.1 Å². The number of aromatic nitrogens is 1. The highest BCUT2D eigenvalue weighted by atomic mass is 79.9. The third-order valence-corrected chi connectivity index (χ3v) is 3.65. The number of hydrogen-bond donors (Lipinski definition) is 0. The molecule has 0 bridgehead atoms. The minimum atomic E-state index is -0.447. The van der Waals surface area contributed by atoms with Crippen molar-refractivity contribution < 1.29 is 9.53 Å². The molecule has 1 heterocycles. The van der Waals surface area contributed by atoms with E-state index in [1.807, 2.05) is 29.6 Å². The molecule has 2 rings (SSSR count). The maximum absolute atomic E-state index is 11.9. The van der Waals surface area contributed by atoms with Gasteiger partial charge >= 0.3 is 5.97 Å². The number of halogens is 1. The standard InChI is InChI=1S/C12H10BrNO2S/c1-16-12(15)10(11-14-5-6-17-11)8-3-2-4-9(13)7-8/h2-7,10H,1H3. The summed E-state index contributed by atoms with van der Waals surface area (Å²) in [6.45, 7) is 0. The molecule has 17 heavy (non-hydrogen) atoms. The van der Waals surface area contributed by atoms with Crippen molar-refractivity contribution in [2.45, 2.75) is 5.92 Å². The van der Waals surface area contributed by atoms with Gasteiger partial charge in [0.05, 0.1) is 7.11 Å². The van der Waals surface area contributed by atoms with E-state index >= 15 is 0 Å². The fourth-order valence-electron chi connectivity index (χ4n) is 1.56. The first-order chi connectivity index (χ1) is 8.22. The van der Waals surface area contributed by atoms with E-state index in [-0.39, 0.29) is 5.97 Å². The Hall–Kier alpha value is -1.20. The Balaban J connectivity index is 2.44. The van der Waals surface area contributed by atoms with E-state index in [1.165, 1.54) is 18.4 Å². The average Bonchev–Trinajstić information content (AvgIpc) is 2.83. The quantitative estimate of drug-likeness (QED) is 0.817. The highest BCUT2D eigenvalue weighted by Gasteiger charge is 2.25. The number of benzene rings is 1. The SMILES string of the molecule is COC(=O)C(c1cccc(Br)c1)c1nccs1. The van der Waals surface area contributed by atoms with Gasteiger partial charge < -0.3 is 4.74 Å². The van der Waals surface area contributed by atoms with Crippen LogP contribution in [0, 0.1) is 0 Å². The predicted octanol–water partition coefficient (Wildman–Crippen LogP) is 3.21. The molecule has 0 aliphatic carbocycles. The van der Waals surface area contributed by atoms with Gasteiger partial charge in [0.15, 0.2) is 0 Å². The maximum atomic E-state index is 11.9. The lowest BCUT2D eigenvalue weighted by Gasteiger charge is -2.12. The summed E-state index contributed by atoms with van der Waals surface area (Å²) < 4.78 is 5.77. The van der Waals surface area contributed by atoms with Crippen molar-refractivity contribution in [1.29, 1.82) is 0 Å². The van der Waals surface area contributed by atoms with Crippen LogP contribution < -0.4 is 0 Å². The molecule has 1 aromatic carbocycles. The highest BCUT2D eigenvalue weighted by Crippen LogP contribution is 2.29. The molecular formula is C12H10BrNO2S. The second kappa shape index (κ2) is 5.42. The molecule has 1 aromatic heterocycles. The molecule has 0 amide bonds. The minimum Gasteiger partial charge on any atom is -0.468 e. The Morgan fingerprint density at radius 2 is 2.35 bits per heavy atom. The number of hydrogen-bond acceptors (Lipinski definition) is 4. The van der Waals surface area contributed by atoms with Gasteiger partial charge in [0.2, 0.25) is 0 Å². The number of thiazole rings is 1. The summed E-state index contributed by atoms with van der Waals surface area (Å²) in [6, 6.07) is 7.61. The van der Waals surface area contributed by atoms with Gasteiger partial charge in [-0.2, -0.15) is 0 Å². The van der Waals surface area contributed by atoms with E-state index < -0.39 is 5.92 Å². The molecule has 0 spiro atoms. The summed E-state index contributed by atoms with van der Waals surface area (Å²) >= 11 is 4.84. The summed E-state index contributed by atoms with van der Waals surface area (Å²) in [5.74, 6) is -0.740. The zero-order valence-corrected chi connectivity index (χ0v) is 11.5. The monoisotopic (exact) mass is 311 g/mol. The molecule has 0 saturated carbocycles. The molecule has 0 fully saturated rings. The van der Waals surface area contributed by atoms with E-state index in [0.29, 0.717) is 0 Å². The van der Waals surface area contributed by atoms with Crippen LogP contribution in [0.5, 0.6) is 0 Å². The normalized spacial score (nSPS) is 12.1. The fourth-order valence-corrected chi connectivity index (χ4v) is 2.73. The molecule has 2 aromatic rings. The number of carbonyl (C=O) groups excluding carboxylic acids is 1. The average molecular weight is 312 g/mol. The van der Waals surface area contributed by atoms with Crippen LogP contribution in [0.1, 0.15) is 16.5 Å². The molecule has 88 valence electrons. The van der Waals surface area contributed by atoms with Crippen LogP contribution in [-0.4, -0.2) is 18.1 Å². The van der Waals surface area contributed by atoms with Crippen molar-refractivity contribution in [3.05, 3.63) is 50.9 Å². The van der Waals surface area contributed by atoms with Crippen LogP contribution in [0.4, 0.5) is 0 Å². The van der Waals surface area contributed by atoms with Crippen LogP contribution in [0.3, 0.4) is 0 Å².